The van der Waals surface area contributed by atoms with Gasteiger partial charge >= 0.3 is 11.9 Å². The van der Waals surface area contributed by atoms with Crippen molar-refractivity contribution in [1.82, 2.24) is 0 Å². The van der Waals surface area contributed by atoms with Gasteiger partial charge in [0, 0.05) is 11.1 Å². The quantitative estimate of drug-likeness (QED) is 0.476. The zero-order valence-corrected chi connectivity index (χ0v) is 15.2. The molecule has 0 aromatic heterocycles. The van der Waals surface area contributed by atoms with Gasteiger partial charge in [0.05, 0.1) is 18.2 Å². The average Bonchev–Trinajstić information content (AvgIpc) is 2.77. The highest BCUT2D eigenvalue weighted by Crippen LogP contribution is 2.24. The van der Waals surface area contributed by atoms with Gasteiger partial charge in [0.1, 0.15) is 0 Å². The fourth-order valence-electron chi connectivity index (χ4n) is 2.69. The maximum Gasteiger partial charge on any atom is 0.339 e. The molecule has 3 aromatic carbocycles. The first-order valence-electron chi connectivity index (χ1n) is 8.63. The lowest BCUT2D eigenvalue weighted by Gasteiger charge is -2.17. The number of ketones is 1. The van der Waals surface area contributed by atoms with Gasteiger partial charge in [-0.05, 0) is 24.3 Å². The van der Waals surface area contributed by atoms with Crippen molar-refractivity contribution in [3.05, 3.63) is 107 Å². The number of esters is 2. The van der Waals surface area contributed by atoms with E-state index in [0.29, 0.717) is 16.7 Å². The van der Waals surface area contributed by atoms with Gasteiger partial charge in [-0.1, -0.05) is 60.7 Å². The Morgan fingerprint density at radius 2 is 1.14 bits per heavy atom. The molecule has 0 bridgehead atoms. The molecule has 3 rings (SSSR count). The van der Waals surface area contributed by atoms with Gasteiger partial charge in [-0.3, -0.25) is 4.79 Å². The van der Waals surface area contributed by atoms with Gasteiger partial charge in [0.15, 0.2) is 6.10 Å². The van der Waals surface area contributed by atoms with Crippen LogP contribution in [0.3, 0.4) is 0 Å². The van der Waals surface area contributed by atoms with Crippen LogP contribution in [-0.4, -0.2) is 24.8 Å². The maximum absolute atomic E-state index is 13.0. The van der Waals surface area contributed by atoms with Crippen molar-refractivity contribution in [2.24, 2.45) is 0 Å². The standard InChI is InChI=1S/C23H18O5/c1-27-22(25)18-12-14-19(15-13-18)23(26)28-21(17-10-6-3-7-11-17)20(24)16-8-4-2-5-9-16/h2-15,21H,1H3. The number of carbonyl (C=O) groups is 3. The summed E-state index contributed by atoms with van der Waals surface area (Å²) in [6.07, 6.45) is -1.07. The number of rotatable bonds is 6. The van der Waals surface area contributed by atoms with Crippen molar-refractivity contribution >= 4 is 17.7 Å². The van der Waals surface area contributed by atoms with Crippen LogP contribution < -0.4 is 0 Å². The highest BCUT2D eigenvalue weighted by atomic mass is 16.5. The van der Waals surface area contributed by atoms with E-state index in [0.717, 1.165) is 0 Å². The van der Waals surface area contributed by atoms with Gasteiger partial charge < -0.3 is 9.47 Å². The molecular weight excluding hydrogens is 356 g/mol. The van der Waals surface area contributed by atoms with Crippen molar-refractivity contribution in [2.75, 3.05) is 7.11 Å². The molecule has 5 nitrogen and oxygen atoms in total. The summed E-state index contributed by atoms with van der Waals surface area (Å²) in [5.41, 5.74) is 1.58. The summed E-state index contributed by atoms with van der Waals surface area (Å²) in [5, 5.41) is 0. The summed E-state index contributed by atoms with van der Waals surface area (Å²) in [4.78, 5) is 37.1. The van der Waals surface area contributed by atoms with E-state index in [2.05, 4.69) is 4.74 Å². The van der Waals surface area contributed by atoms with Crippen LogP contribution in [0.25, 0.3) is 0 Å². The summed E-state index contributed by atoms with van der Waals surface area (Å²) in [7, 11) is 1.28. The highest BCUT2D eigenvalue weighted by molar-refractivity contribution is 6.02. The van der Waals surface area contributed by atoms with E-state index in [9.17, 15) is 14.4 Å². The normalized spacial score (nSPS) is 11.3. The van der Waals surface area contributed by atoms with E-state index < -0.39 is 18.0 Å². The zero-order chi connectivity index (χ0) is 19.9. The minimum absolute atomic E-state index is 0.231. The van der Waals surface area contributed by atoms with Crippen LogP contribution in [0, 0.1) is 0 Å². The topological polar surface area (TPSA) is 69.7 Å². The minimum atomic E-state index is -1.07. The third kappa shape index (κ3) is 4.32. The lowest BCUT2D eigenvalue weighted by atomic mass is 9.99. The first-order valence-corrected chi connectivity index (χ1v) is 8.63. The molecule has 0 aliphatic rings. The molecule has 0 saturated carbocycles. The molecule has 0 radical (unpaired) electrons. The third-order valence-corrected chi connectivity index (χ3v) is 4.17. The van der Waals surface area contributed by atoms with Crippen molar-refractivity contribution in [3.63, 3.8) is 0 Å². The molecule has 1 unspecified atom stereocenters. The molecule has 0 saturated heterocycles. The van der Waals surface area contributed by atoms with Crippen molar-refractivity contribution in [3.8, 4) is 0 Å². The predicted molar refractivity (Wildman–Crippen MR) is 103 cm³/mol. The SMILES string of the molecule is COC(=O)c1ccc(C(=O)OC(C(=O)c2ccccc2)c2ccccc2)cc1. The number of ether oxygens (including phenoxy) is 2. The Bertz CT molecular complexity index is 963. The lowest BCUT2D eigenvalue weighted by molar-refractivity contribution is 0.0280. The number of methoxy groups -OCH3 is 1. The van der Waals surface area contributed by atoms with Crippen LogP contribution in [0.15, 0.2) is 84.9 Å². The Morgan fingerprint density at radius 3 is 1.68 bits per heavy atom. The number of benzene rings is 3. The zero-order valence-electron chi connectivity index (χ0n) is 15.2. The second kappa shape index (κ2) is 8.77. The molecule has 0 N–H and O–H groups in total. The van der Waals surface area contributed by atoms with Crippen LogP contribution in [0.1, 0.15) is 42.7 Å². The van der Waals surface area contributed by atoms with Crippen LogP contribution in [0.2, 0.25) is 0 Å². The van der Waals surface area contributed by atoms with Gasteiger partial charge in [-0.15, -0.1) is 0 Å². The Kier molecular flexibility index (Phi) is 5.97. The minimum Gasteiger partial charge on any atom is -0.465 e. The van der Waals surface area contributed by atoms with Crippen LogP contribution in [0.5, 0.6) is 0 Å². The first kappa shape index (κ1) is 19.0. The van der Waals surface area contributed by atoms with Crippen LogP contribution in [-0.2, 0) is 9.47 Å². The summed E-state index contributed by atoms with van der Waals surface area (Å²) >= 11 is 0. The molecule has 0 amide bonds. The fraction of sp³-hybridized carbons (Fsp3) is 0.0870. The summed E-state index contributed by atoms with van der Waals surface area (Å²) in [6, 6.07) is 23.4. The van der Waals surface area contributed by atoms with E-state index in [1.807, 2.05) is 12.1 Å². The molecule has 0 heterocycles. The summed E-state index contributed by atoms with van der Waals surface area (Å²) in [6.45, 7) is 0. The summed E-state index contributed by atoms with van der Waals surface area (Å²) < 4.78 is 10.2. The molecule has 0 spiro atoms. The van der Waals surface area contributed by atoms with Gasteiger partial charge in [-0.2, -0.15) is 0 Å². The Morgan fingerprint density at radius 1 is 0.643 bits per heavy atom. The fourth-order valence-corrected chi connectivity index (χ4v) is 2.69. The maximum atomic E-state index is 13.0. The van der Waals surface area contributed by atoms with E-state index in [1.165, 1.54) is 31.4 Å². The van der Waals surface area contributed by atoms with Crippen LogP contribution in [0.4, 0.5) is 0 Å². The van der Waals surface area contributed by atoms with Crippen molar-refractivity contribution in [1.29, 1.82) is 0 Å². The number of carbonyl (C=O) groups excluding carboxylic acids is 3. The smallest absolute Gasteiger partial charge is 0.339 e. The van der Waals surface area contributed by atoms with E-state index in [4.69, 9.17) is 4.74 Å². The molecule has 28 heavy (non-hydrogen) atoms. The largest absolute Gasteiger partial charge is 0.465 e. The molecule has 3 aromatic rings. The highest BCUT2D eigenvalue weighted by Gasteiger charge is 2.26. The van der Waals surface area contributed by atoms with Crippen molar-refractivity contribution < 1.29 is 23.9 Å². The van der Waals surface area contributed by atoms with Crippen LogP contribution >= 0.6 is 0 Å². The first-order chi connectivity index (χ1) is 13.6. The molecule has 140 valence electrons. The molecular formula is C23H18O5. The second-order valence-corrected chi connectivity index (χ2v) is 6.00. The average molecular weight is 374 g/mol. The number of hydrogen-bond acceptors (Lipinski definition) is 5. The molecule has 0 fully saturated rings. The Balaban J connectivity index is 1.86. The van der Waals surface area contributed by atoms with Gasteiger partial charge in [-0.25, -0.2) is 9.59 Å². The van der Waals surface area contributed by atoms with E-state index in [1.54, 1.807) is 48.5 Å². The Hall–Kier alpha value is -3.73. The number of Topliss-reactive ketones (excluding diaryl/α,β-unsaturated/α-hetero) is 1. The predicted octanol–water partition coefficient (Wildman–Crippen LogP) is 4.25. The molecule has 5 heteroatoms. The second-order valence-electron chi connectivity index (χ2n) is 6.00. The molecule has 1 atom stereocenters. The molecule has 0 aliphatic carbocycles. The Labute approximate surface area is 162 Å². The van der Waals surface area contributed by atoms with Gasteiger partial charge in [0.2, 0.25) is 5.78 Å². The third-order valence-electron chi connectivity index (χ3n) is 4.17. The van der Waals surface area contributed by atoms with Crippen molar-refractivity contribution in [2.45, 2.75) is 6.10 Å². The monoisotopic (exact) mass is 374 g/mol. The van der Waals surface area contributed by atoms with E-state index >= 15 is 0 Å². The number of hydrogen-bond donors (Lipinski definition) is 0. The van der Waals surface area contributed by atoms with E-state index in [-0.39, 0.29) is 11.3 Å². The van der Waals surface area contributed by atoms with Gasteiger partial charge in [0.25, 0.3) is 0 Å². The lowest BCUT2D eigenvalue weighted by Crippen LogP contribution is -2.20. The molecule has 0 aliphatic heterocycles. The summed E-state index contributed by atoms with van der Waals surface area (Å²) in [5.74, 6) is -1.47.